The zero-order valence-corrected chi connectivity index (χ0v) is 19.3. The molecule has 7 heteroatoms. The highest BCUT2D eigenvalue weighted by molar-refractivity contribution is 5.91. The molecule has 1 saturated carbocycles. The fraction of sp³-hybridized carbons (Fsp3) is 0.640. The van der Waals surface area contributed by atoms with E-state index in [1.807, 2.05) is 4.90 Å². The van der Waals surface area contributed by atoms with Crippen LogP contribution < -0.4 is 10.1 Å². The van der Waals surface area contributed by atoms with Crippen molar-refractivity contribution in [2.24, 2.45) is 0 Å². The van der Waals surface area contributed by atoms with E-state index in [9.17, 15) is 14.4 Å². The van der Waals surface area contributed by atoms with Gasteiger partial charge in [0, 0.05) is 18.1 Å². The number of likely N-dealkylation sites (tertiary alicyclic amines) is 1. The van der Waals surface area contributed by atoms with E-state index in [2.05, 4.69) is 19.2 Å². The molecule has 1 aromatic carbocycles. The van der Waals surface area contributed by atoms with Crippen LogP contribution in [0.1, 0.15) is 82.0 Å². The molecule has 0 radical (unpaired) electrons. The summed E-state index contributed by atoms with van der Waals surface area (Å²) in [5.74, 6) is -0.323. The summed E-state index contributed by atoms with van der Waals surface area (Å²) in [4.78, 5) is 38.8. The summed E-state index contributed by atoms with van der Waals surface area (Å²) >= 11 is 0. The molecule has 32 heavy (non-hydrogen) atoms. The molecule has 0 unspecified atom stereocenters. The molecule has 1 heterocycles. The number of piperidine rings is 1. The Hall–Kier alpha value is -2.57. The van der Waals surface area contributed by atoms with Gasteiger partial charge in [-0.2, -0.15) is 0 Å². The number of hydrogen-bond acceptors (Lipinski definition) is 5. The number of ether oxygens (including phenoxy) is 2. The molecule has 3 rings (SSSR count). The normalized spacial score (nSPS) is 22.0. The van der Waals surface area contributed by atoms with E-state index in [0.717, 1.165) is 44.9 Å². The third-order valence-electron chi connectivity index (χ3n) is 6.49. The smallest absolute Gasteiger partial charge is 0.338 e. The summed E-state index contributed by atoms with van der Waals surface area (Å²) in [7, 11) is 0. The number of nitrogens with zero attached hydrogens (tertiary/aromatic N) is 1. The summed E-state index contributed by atoms with van der Waals surface area (Å²) in [6.45, 7) is 3.84. The van der Waals surface area contributed by atoms with Crippen molar-refractivity contribution >= 4 is 17.8 Å². The minimum absolute atomic E-state index is 0.0205. The minimum atomic E-state index is -0.556. The number of carbonyl (C=O) groups excluding carboxylic acids is 3. The zero-order chi connectivity index (χ0) is 22.9. The van der Waals surface area contributed by atoms with Crippen molar-refractivity contribution < 1.29 is 23.9 Å². The van der Waals surface area contributed by atoms with Crippen molar-refractivity contribution in [3.05, 3.63) is 29.8 Å². The molecule has 2 aliphatic rings. The van der Waals surface area contributed by atoms with E-state index in [1.165, 1.54) is 12.8 Å². The second-order valence-corrected chi connectivity index (χ2v) is 9.08. The summed E-state index contributed by atoms with van der Waals surface area (Å²) < 4.78 is 10.8. The van der Waals surface area contributed by atoms with E-state index < -0.39 is 5.97 Å². The van der Waals surface area contributed by atoms with Gasteiger partial charge in [-0.3, -0.25) is 9.59 Å². The molecular weight excluding hydrogens is 408 g/mol. The maximum Gasteiger partial charge on any atom is 0.338 e. The predicted octanol–water partition coefficient (Wildman–Crippen LogP) is 3.85. The number of amides is 2. The van der Waals surface area contributed by atoms with Crippen LogP contribution in [-0.4, -0.2) is 54.0 Å². The fourth-order valence-electron chi connectivity index (χ4n) is 4.73. The van der Waals surface area contributed by atoms with Gasteiger partial charge >= 0.3 is 5.97 Å². The Morgan fingerprint density at radius 1 is 0.875 bits per heavy atom. The van der Waals surface area contributed by atoms with Gasteiger partial charge < -0.3 is 19.7 Å². The van der Waals surface area contributed by atoms with Crippen LogP contribution in [0.2, 0.25) is 0 Å². The molecule has 1 aliphatic carbocycles. The zero-order valence-electron chi connectivity index (χ0n) is 19.3. The summed E-state index contributed by atoms with van der Waals surface area (Å²) in [6, 6.07) is 7.07. The van der Waals surface area contributed by atoms with E-state index in [1.54, 1.807) is 24.3 Å². The molecule has 1 aromatic rings. The highest BCUT2D eigenvalue weighted by atomic mass is 16.5. The molecule has 1 aliphatic heterocycles. The van der Waals surface area contributed by atoms with Gasteiger partial charge in [-0.15, -0.1) is 0 Å². The summed E-state index contributed by atoms with van der Waals surface area (Å²) in [5, 5.41) is 2.96. The molecule has 7 nitrogen and oxygen atoms in total. The van der Waals surface area contributed by atoms with Crippen molar-refractivity contribution in [3.63, 3.8) is 0 Å². The van der Waals surface area contributed by atoms with Gasteiger partial charge in [0.05, 0.1) is 5.56 Å². The molecular formula is C25H36N2O5. The number of hydrogen-bond donors (Lipinski definition) is 1. The average molecular weight is 445 g/mol. The molecule has 0 bridgehead atoms. The van der Waals surface area contributed by atoms with Crippen molar-refractivity contribution in [1.82, 2.24) is 10.2 Å². The summed E-state index contributed by atoms with van der Waals surface area (Å²) in [5.41, 5.74) is 0.337. The van der Waals surface area contributed by atoms with Gasteiger partial charge in [0.1, 0.15) is 5.75 Å². The third kappa shape index (κ3) is 6.97. The van der Waals surface area contributed by atoms with Crippen molar-refractivity contribution in [3.8, 4) is 5.75 Å². The average Bonchev–Trinajstić information content (AvgIpc) is 3.05. The van der Waals surface area contributed by atoms with E-state index in [0.29, 0.717) is 11.3 Å². The van der Waals surface area contributed by atoms with Crippen molar-refractivity contribution in [2.75, 3.05) is 13.2 Å². The lowest BCUT2D eigenvalue weighted by Crippen LogP contribution is -2.49. The highest BCUT2D eigenvalue weighted by Gasteiger charge is 2.29. The first-order chi connectivity index (χ1) is 15.4. The van der Waals surface area contributed by atoms with Crippen LogP contribution in [0.25, 0.3) is 0 Å². The quantitative estimate of drug-likeness (QED) is 0.510. The molecule has 1 N–H and O–H groups in total. The topological polar surface area (TPSA) is 84.9 Å². The Morgan fingerprint density at radius 3 is 2.12 bits per heavy atom. The number of rotatable bonds is 7. The number of carbonyl (C=O) groups is 3. The van der Waals surface area contributed by atoms with Crippen LogP contribution in [-0.2, 0) is 14.3 Å². The van der Waals surface area contributed by atoms with E-state index in [4.69, 9.17) is 9.47 Å². The fourth-order valence-corrected chi connectivity index (χ4v) is 4.73. The van der Waals surface area contributed by atoms with Crippen molar-refractivity contribution in [2.45, 2.75) is 89.8 Å². The number of esters is 1. The molecule has 0 aromatic heterocycles. The minimum Gasteiger partial charge on any atom is -0.484 e. The van der Waals surface area contributed by atoms with Gasteiger partial charge in [-0.05, 0) is 70.2 Å². The SMILES string of the molecule is C[C@@H]1CCC[C@H](C)N1C(=O)COc1ccc(C(=O)OCC(=O)NC2CCCCCC2)cc1. The maximum atomic E-state index is 12.6. The lowest BCUT2D eigenvalue weighted by Gasteiger charge is -2.38. The van der Waals surface area contributed by atoms with Crippen molar-refractivity contribution in [1.29, 1.82) is 0 Å². The largest absolute Gasteiger partial charge is 0.484 e. The molecule has 0 spiro atoms. The molecule has 1 saturated heterocycles. The molecule has 2 amide bonds. The van der Waals surface area contributed by atoms with Crippen LogP contribution in [0.4, 0.5) is 0 Å². The first-order valence-corrected chi connectivity index (χ1v) is 11.9. The second kappa shape index (κ2) is 11.9. The number of benzene rings is 1. The van der Waals surface area contributed by atoms with Gasteiger partial charge in [-0.1, -0.05) is 25.7 Å². The molecule has 176 valence electrons. The van der Waals surface area contributed by atoms with Crippen LogP contribution in [0, 0.1) is 0 Å². The first-order valence-electron chi connectivity index (χ1n) is 11.9. The summed E-state index contributed by atoms with van der Waals surface area (Å²) in [6.07, 6.45) is 9.83. The van der Waals surface area contributed by atoms with E-state index in [-0.39, 0.29) is 43.2 Å². The molecule has 2 fully saturated rings. The van der Waals surface area contributed by atoms with Crippen LogP contribution >= 0.6 is 0 Å². The monoisotopic (exact) mass is 444 g/mol. The first kappa shape index (κ1) is 24.1. The lowest BCUT2D eigenvalue weighted by atomic mass is 9.97. The van der Waals surface area contributed by atoms with Crippen LogP contribution in [0.5, 0.6) is 5.75 Å². The second-order valence-electron chi connectivity index (χ2n) is 9.08. The van der Waals surface area contributed by atoms with Gasteiger partial charge in [0.15, 0.2) is 13.2 Å². The van der Waals surface area contributed by atoms with Crippen LogP contribution in [0.15, 0.2) is 24.3 Å². The van der Waals surface area contributed by atoms with Gasteiger partial charge in [-0.25, -0.2) is 4.79 Å². The van der Waals surface area contributed by atoms with Crippen LogP contribution in [0.3, 0.4) is 0 Å². The molecule has 2 atom stereocenters. The Kier molecular flexibility index (Phi) is 8.94. The Morgan fingerprint density at radius 2 is 1.50 bits per heavy atom. The van der Waals surface area contributed by atoms with Gasteiger partial charge in [0.2, 0.25) is 0 Å². The standard InChI is InChI=1S/C25H36N2O5/c1-18-8-7-9-19(2)27(18)24(29)17-31-22-14-12-20(13-15-22)25(30)32-16-23(28)26-21-10-5-3-4-6-11-21/h12-15,18-19,21H,3-11,16-17H2,1-2H3,(H,26,28)/t18-,19+. The Bertz CT molecular complexity index is 761. The lowest BCUT2D eigenvalue weighted by molar-refractivity contribution is -0.139. The number of nitrogens with one attached hydrogen (secondary N) is 1. The Labute approximate surface area is 190 Å². The maximum absolute atomic E-state index is 12.6. The third-order valence-corrected chi connectivity index (χ3v) is 6.49. The predicted molar refractivity (Wildman–Crippen MR) is 121 cm³/mol. The highest BCUT2D eigenvalue weighted by Crippen LogP contribution is 2.23. The van der Waals surface area contributed by atoms with Gasteiger partial charge in [0.25, 0.3) is 11.8 Å². The Balaban J connectivity index is 1.41. The van der Waals surface area contributed by atoms with E-state index >= 15 is 0 Å².